The van der Waals surface area contributed by atoms with E-state index in [9.17, 15) is 24.9 Å². The molecule has 120 valence electrons. The lowest BCUT2D eigenvalue weighted by molar-refractivity contribution is 0.0918. The number of phenols is 3. The van der Waals surface area contributed by atoms with Gasteiger partial charge in [0.15, 0.2) is 41.2 Å². The van der Waals surface area contributed by atoms with E-state index in [1.165, 1.54) is 30.3 Å². The van der Waals surface area contributed by atoms with E-state index >= 15 is 0 Å². The first-order chi connectivity index (χ1) is 10.9. The van der Waals surface area contributed by atoms with Gasteiger partial charge in [0.25, 0.3) is 0 Å². The number of hydrogen-bond acceptors (Lipinski definition) is 7. The third-order valence-electron chi connectivity index (χ3n) is 3.12. The summed E-state index contributed by atoms with van der Waals surface area (Å²) in [6, 6.07) is 7.64. The van der Waals surface area contributed by atoms with Crippen LogP contribution in [0.4, 0.5) is 0 Å². The average molecular weight is 317 g/mol. The summed E-state index contributed by atoms with van der Waals surface area (Å²) >= 11 is 0. The SMILES string of the molecule is NCC(=O)c1ccc(OCC(=O)c2ccc(O)c(O)c2)c(O)c1. The van der Waals surface area contributed by atoms with Crippen LogP contribution >= 0.6 is 0 Å². The van der Waals surface area contributed by atoms with Crippen molar-refractivity contribution in [1.29, 1.82) is 0 Å². The van der Waals surface area contributed by atoms with Gasteiger partial charge in [0.1, 0.15) is 0 Å². The maximum atomic E-state index is 11.9. The molecule has 0 amide bonds. The van der Waals surface area contributed by atoms with Crippen molar-refractivity contribution in [1.82, 2.24) is 0 Å². The quantitative estimate of drug-likeness (QED) is 0.465. The number of carbonyl (C=O) groups excluding carboxylic acids is 2. The molecule has 23 heavy (non-hydrogen) atoms. The number of ketones is 2. The van der Waals surface area contributed by atoms with Gasteiger partial charge in [-0.25, -0.2) is 0 Å². The van der Waals surface area contributed by atoms with Crippen LogP contribution in [0.25, 0.3) is 0 Å². The number of aromatic hydroxyl groups is 3. The van der Waals surface area contributed by atoms with Crippen LogP contribution in [0.5, 0.6) is 23.0 Å². The minimum atomic E-state index is -0.457. The third-order valence-corrected chi connectivity index (χ3v) is 3.12. The Morgan fingerprint density at radius 1 is 0.870 bits per heavy atom. The first-order valence-electron chi connectivity index (χ1n) is 6.66. The van der Waals surface area contributed by atoms with E-state index in [1.54, 1.807) is 0 Å². The van der Waals surface area contributed by atoms with Gasteiger partial charge in [-0.3, -0.25) is 9.59 Å². The lowest BCUT2D eigenvalue weighted by Crippen LogP contribution is -2.14. The number of phenolic OH excluding ortho intramolecular Hbond substituents is 3. The van der Waals surface area contributed by atoms with Crippen LogP contribution in [0.1, 0.15) is 20.7 Å². The molecule has 7 heteroatoms. The number of Topliss-reactive ketones (excluding diaryl/α,β-unsaturated/α-hetero) is 2. The second-order valence-electron chi connectivity index (χ2n) is 4.73. The van der Waals surface area contributed by atoms with Gasteiger partial charge in [-0.15, -0.1) is 0 Å². The molecule has 0 unspecified atom stereocenters. The summed E-state index contributed by atoms with van der Waals surface area (Å²) in [5.41, 5.74) is 5.62. The second-order valence-corrected chi connectivity index (χ2v) is 4.73. The summed E-state index contributed by atoms with van der Waals surface area (Å²) in [6.07, 6.45) is 0. The molecule has 0 heterocycles. The highest BCUT2D eigenvalue weighted by Crippen LogP contribution is 2.28. The van der Waals surface area contributed by atoms with E-state index in [0.717, 1.165) is 6.07 Å². The summed E-state index contributed by atoms with van der Waals surface area (Å²) in [7, 11) is 0. The molecule has 0 aliphatic rings. The molecule has 0 aromatic heterocycles. The highest BCUT2D eigenvalue weighted by atomic mass is 16.5. The Hall–Kier alpha value is -3.06. The van der Waals surface area contributed by atoms with Gasteiger partial charge < -0.3 is 25.8 Å². The van der Waals surface area contributed by atoms with E-state index in [-0.39, 0.29) is 47.3 Å². The molecule has 0 aliphatic carbocycles. The summed E-state index contributed by atoms with van der Waals surface area (Å²) in [4.78, 5) is 23.4. The Balaban J connectivity index is 2.07. The van der Waals surface area contributed by atoms with Crippen molar-refractivity contribution >= 4 is 11.6 Å². The van der Waals surface area contributed by atoms with Crippen LogP contribution in [0.3, 0.4) is 0 Å². The van der Waals surface area contributed by atoms with Crippen molar-refractivity contribution in [3.63, 3.8) is 0 Å². The molecule has 0 fully saturated rings. The fourth-order valence-corrected chi connectivity index (χ4v) is 1.85. The lowest BCUT2D eigenvalue weighted by Gasteiger charge is -2.09. The van der Waals surface area contributed by atoms with Crippen molar-refractivity contribution in [3.05, 3.63) is 47.5 Å². The number of benzene rings is 2. The van der Waals surface area contributed by atoms with Crippen molar-refractivity contribution in [2.24, 2.45) is 5.73 Å². The van der Waals surface area contributed by atoms with E-state index in [1.807, 2.05) is 0 Å². The zero-order chi connectivity index (χ0) is 17.0. The normalized spacial score (nSPS) is 10.3. The number of carbonyl (C=O) groups is 2. The molecule has 0 spiro atoms. The number of ether oxygens (including phenoxy) is 1. The minimum absolute atomic E-state index is 0.0370. The van der Waals surface area contributed by atoms with E-state index in [0.29, 0.717) is 0 Å². The largest absolute Gasteiger partial charge is 0.504 e. The van der Waals surface area contributed by atoms with Crippen LogP contribution in [-0.2, 0) is 0 Å². The molecule has 2 rings (SSSR count). The van der Waals surface area contributed by atoms with Gasteiger partial charge in [0, 0.05) is 11.1 Å². The van der Waals surface area contributed by atoms with Gasteiger partial charge in [-0.1, -0.05) is 0 Å². The Bertz CT molecular complexity index is 756. The van der Waals surface area contributed by atoms with Crippen LogP contribution in [0, 0.1) is 0 Å². The van der Waals surface area contributed by atoms with E-state index in [2.05, 4.69) is 0 Å². The second kappa shape index (κ2) is 6.80. The predicted octanol–water partition coefficient (Wildman–Crippen LogP) is 1.21. The van der Waals surface area contributed by atoms with Gasteiger partial charge in [-0.05, 0) is 36.4 Å². The molecule has 0 radical (unpaired) electrons. The molecule has 5 N–H and O–H groups in total. The van der Waals surface area contributed by atoms with Gasteiger partial charge in [-0.2, -0.15) is 0 Å². The zero-order valence-corrected chi connectivity index (χ0v) is 12.0. The molecule has 0 aliphatic heterocycles. The van der Waals surface area contributed by atoms with Crippen LogP contribution in [0.2, 0.25) is 0 Å². The predicted molar refractivity (Wildman–Crippen MR) is 81.1 cm³/mol. The fraction of sp³-hybridized carbons (Fsp3) is 0.125. The Morgan fingerprint density at radius 2 is 1.48 bits per heavy atom. The molecular weight excluding hydrogens is 302 g/mol. The highest BCUT2D eigenvalue weighted by molar-refractivity contribution is 5.98. The molecule has 0 saturated heterocycles. The Kier molecular flexibility index (Phi) is 4.82. The number of hydrogen-bond donors (Lipinski definition) is 4. The summed E-state index contributed by atoms with van der Waals surface area (Å²) in [5.74, 6) is -1.78. The monoisotopic (exact) mass is 317 g/mol. The van der Waals surface area contributed by atoms with Crippen molar-refractivity contribution < 1.29 is 29.6 Å². The first-order valence-corrected chi connectivity index (χ1v) is 6.66. The topological polar surface area (TPSA) is 130 Å². The molecule has 0 bridgehead atoms. The van der Waals surface area contributed by atoms with E-state index < -0.39 is 11.5 Å². The van der Waals surface area contributed by atoms with Crippen LogP contribution < -0.4 is 10.5 Å². The summed E-state index contributed by atoms with van der Waals surface area (Å²) in [5, 5.41) is 28.4. The minimum Gasteiger partial charge on any atom is -0.504 e. The Labute approximate surface area is 131 Å². The van der Waals surface area contributed by atoms with Crippen molar-refractivity contribution in [2.75, 3.05) is 13.2 Å². The van der Waals surface area contributed by atoms with E-state index in [4.69, 9.17) is 10.5 Å². The molecule has 0 saturated carbocycles. The molecule has 2 aromatic carbocycles. The highest BCUT2D eigenvalue weighted by Gasteiger charge is 2.13. The van der Waals surface area contributed by atoms with Gasteiger partial charge in [0.2, 0.25) is 0 Å². The molecule has 7 nitrogen and oxygen atoms in total. The van der Waals surface area contributed by atoms with Crippen molar-refractivity contribution in [2.45, 2.75) is 0 Å². The number of nitrogens with two attached hydrogens (primary N) is 1. The average Bonchev–Trinajstić information content (AvgIpc) is 2.55. The number of rotatable bonds is 6. The van der Waals surface area contributed by atoms with Crippen LogP contribution in [0.15, 0.2) is 36.4 Å². The molecule has 2 aromatic rings. The first kappa shape index (κ1) is 16.3. The maximum Gasteiger partial charge on any atom is 0.200 e. The Morgan fingerprint density at radius 3 is 2.09 bits per heavy atom. The molecular formula is C16H15NO6. The zero-order valence-electron chi connectivity index (χ0n) is 12.0. The standard InChI is InChI=1S/C16H15NO6/c17-7-14(21)9-2-4-16(13(20)6-9)23-8-15(22)10-1-3-11(18)12(19)5-10/h1-6,18-20H,7-8,17H2. The summed E-state index contributed by atoms with van der Waals surface area (Å²) < 4.78 is 5.21. The third kappa shape index (κ3) is 3.78. The summed E-state index contributed by atoms with van der Waals surface area (Å²) in [6.45, 7) is -0.565. The van der Waals surface area contributed by atoms with Gasteiger partial charge in [0.05, 0.1) is 6.54 Å². The maximum absolute atomic E-state index is 11.9. The smallest absolute Gasteiger partial charge is 0.200 e. The lowest BCUT2D eigenvalue weighted by atomic mass is 10.1. The van der Waals surface area contributed by atoms with Crippen molar-refractivity contribution in [3.8, 4) is 23.0 Å². The van der Waals surface area contributed by atoms with Gasteiger partial charge >= 0.3 is 0 Å². The molecule has 0 atom stereocenters. The fourth-order valence-electron chi connectivity index (χ4n) is 1.85. The van der Waals surface area contributed by atoms with Crippen LogP contribution in [-0.4, -0.2) is 40.0 Å².